The first kappa shape index (κ1) is 22.6. The van der Waals surface area contributed by atoms with Gasteiger partial charge >= 0.3 is 6.18 Å². The number of hydrogen-bond donors (Lipinski definition) is 2. The van der Waals surface area contributed by atoms with Gasteiger partial charge in [0.05, 0.1) is 10.8 Å². The Morgan fingerprint density at radius 3 is 2.21 bits per heavy atom. The van der Waals surface area contributed by atoms with Gasteiger partial charge in [0.1, 0.15) is 5.82 Å². The van der Waals surface area contributed by atoms with Crippen LogP contribution in [0.3, 0.4) is 0 Å². The maximum Gasteiger partial charge on any atom is 0.418 e. The average Bonchev–Trinajstić information content (AvgIpc) is 2.58. The predicted molar refractivity (Wildman–Crippen MR) is 100 cm³/mol. The van der Waals surface area contributed by atoms with Crippen molar-refractivity contribution in [2.45, 2.75) is 70.8 Å². The van der Waals surface area contributed by atoms with Crippen molar-refractivity contribution in [3.05, 3.63) is 22.9 Å². The van der Waals surface area contributed by atoms with Gasteiger partial charge in [0, 0.05) is 18.2 Å². The minimum absolute atomic E-state index is 0.0320. The van der Waals surface area contributed by atoms with E-state index in [0.29, 0.717) is 25.7 Å². The molecular weight excluding hydrogens is 395 g/mol. The molecule has 1 aliphatic rings. The molecule has 6 nitrogen and oxygen atoms in total. The number of aromatic nitrogens is 1. The standard InChI is InChI=1S/C18H26F3N3O3S/c1-10(2)28(26,27)24-14-7-5-13(6-8-14)17(25)23-16-12(4)11(3)15(9-22-16)18(19,20)21/h9-10,13-14,24H,5-8H2,1-4H3,(H,22,23,25). The number of hydrogen-bond acceptors (Lipinski definition) is 4. The number of pyridine rings is 1. The van der Waals surface area contributed by atoms with Crippen LogP contribution in [-0.4, -0.2) is 30.6 Å². The fourth-order valence-corrected chi connectivity index (χ4v) is 4.15. The topological polar surface area (TPSA) is 88.2 Å². The Balaban J connectivity index is 1.99. The van der Waals surface area contributed by atoms with E-state index >= 15 is 0 Å². The van der Waals surface area contributed by atoms with E-state index in [1.165, 1.54) is 13.8 Å². The SMILES string of the molecule is Cc1c(C(F)(F)F)cnc(NC(=O)C2CCC(NS(=O)(=O)C(C)C)CC2)c1C. The van der Waals surface area contributed by atoms with Crippen LogP contribution in [0.4, 0.5) is 19.0 Å². The van der Waals surface area contributed by atoms with Crippen molar-refractivity contribution in [1.82, 2.24) is 9.71 Å². The lowest BCUT2D eigenvalue weighted by atomic mass is 9.86. The van der Waals surface area contributed by atoms with Gasteiger partial charge in [-0.25, -0.2) is 18.1 Å². The molecule has 1 aliphatic carbocycles. The number of amides is 1. The number of rotatable bonds is 5. The van der Waals surface area contributed by atoms with E-state index in [1.54, 1.807) is 13.8 Å². The highest BCUT2D eigenvalue weighted by molar-refractivity contribution is 7.90. The molecule has 0 spiro atoms. The van der Waals surface area contributed by atoms with Gasteiger partial charge in [-0.1, -0.05) is 0 Å². The highest BCUT2D eigenvalue weighted by Crippen LogP contribution is 2.34. The molecule has 1 saturated carbocycles. The summed E-state index contributed by atoms with van der Waals surface area (Å²) in [6.07, 6.45) is -1.71. The van der Waals surface area contributed by atoms with E-state index in [9.17, 15) is 26.4 Å². The van der Waals surface area contributed by atoms with Gasteiger partial charge < -0.3 is 5.32 Å². The quantitative estimate of drug-likeness (QED) is 0.761. The molecule has 0 atom stereocenters. The lowest BCUT2D eigenvalue weighted by Crippen LogP contribution is -2.42. The molecule has 28 heavy (non-hydrogen) atoms. The number of alkyl halides is 3. The fraction of sp³-hybridized carbons (Fsp3) is 0.667. The van der Waals surface area contributed by atoms with Crippen molar-refractivity contribution in [3.8, 4) is 0 Å². The van der Waals surface area contributed by atoms with Crippen LogP contribution in [0.1, 0.15) is 56.2 Å². The Morgan fingerprint density at radius 2 is 1.71 bits per heavy atom. The van der Waals surface area contributed by atoms with Gasteiger partial charge in [-0.05, 0) is 64.5 Å². The van der Waals surface area contributed by atoms with Crippen molar-refractivity contribution in [1.29, 1.82) is 0 Å². The summed E-state index contributed by atoms with van der Waals surface area (Å²) in [5, 5.41) is 2.10. The summed E-state index contributed by atoms with van der Waals surface area (Å²) >= 11 is 0. The van der Waals surface area contributed by atoms with Crippen LogP contribution in [-0.2, 0) is 21.0 Å². The lowest BCUT2D eigenvalue weighted by Gasteiger charge is -2.29. The number of nitrogens with zero attached hydrogens (tertiary/aromatic N) is 1. The molecule has 2 rings (SSSR count). The van der Waals surface area contributed by atoms with E-state index in [1.807, 2.05) is 0 Å². The largest absolute Gasteiger partial charge is 0.418 e. The summed E-state index contributed by atoms with van der Waals surface area (Å²) in [7, 11) is -3.36. The summed E-state index contributed by atoms with van der Waals surface area (Å²) in [5.41, 5.74) is -0.507. The third-order valence-electron chi connectivity index (χ3n) is 5.24. The first-order valence-corrected chi connectivity index (χ1v) is 10.7. The number of anilines is 1. The molecule has 158 valence electrons. The Kier molecular flexibility index (Phi) is 6.75. The number of carbonyl (C=O) groups excluding carboxylic acids is 1. The van der Waals surface area contributed by atoms with Gasteiger partial charge in [0.25, 0.3) is 0 Å². The third kappa shape index (κ3) is 5.22. The van der Waals surface area contributed by atoms with Gasteiger partial charge in [-0.3, -0.25) is 4.79 Å². The molecule has 0 bridgehead atoms. The molecule has 1 fully saturated rings. The summed E-state index contributed by atoms with van der Waals surface area (Å²) in [4.78, 5) is 16.3. The molecule has 1 amide bonds. The van der Waals surface area contributed by atoms with Crippen LogP contribution in [0.15, 0.2) is 6.20 Å². The van der Waals surface area contributed by atoms with E-state index in [4.69, 9.17) is 0 Å². The Hall–Kier alpha value is -1.68. The number of halogens is 3. The second kappa shape index (κ2) is 8.36. The predicted octanol–water partition coefficient (Wildman–Crippen LogP) is 3.54. The highest BCUT2D eigenvalue weighted by atomic mass is 32.2. The summed E-state index contributed by atoms with van der Waals surface area (Å²) in [6.45, 7) is 6.04. The van der Waals surface area contributed by atoms with Gasteiger partial charge in [0.2, 0.25) is 15.9 Å². The van der Waals surface area contributed by atoms with Crippen molar-refractivity contribution >= 4 is 21.7 Å². The molecule has 0 radical (unpaired) electrons. The molecule has 0 aliphatic heterocycles. The van der Waals surface area contributed by atoms with Crippen LogP contribution in [0.5, 0.6) is 0 Å². The van der Waals surface area contributed by atoms with E-state index < -0.39 is 27.0 Å². The number of nitrogens with one attached hydrogen (secondary N) is 2. The van der Waals surface area contributed by atoms with Gasteiger partial charge in [-0.2, -0.15) is 13.2 Å². The average molecular weight is 421 g/mol. The Labute approximate surface area is 163 Å². The maximum atomic E-state index is 12.9. The van der Waals surface area contributed by atoms with Crippen molar-refractivity contribution in [3.63, 3.8) is 0 Å². The summed E-state index contributed by atoms with van der Waals surface area (Å²) in [6, 6.07) is -0.204. The van der Waals surface area contributed by atoms with Crippen molar-refractivity contribution in [2.75, 3.05) is 5.32 Å². The molecule has 0 aromatic carbocycles. The Morgan fingerprint density at radius 1 is 1.14 bits per heavy atom. The molecule has 2 N–H and O–H groups in total. The third-order valence-corrected chi connectivity index (χ3v) is 7.14. The minimum Gasteiger partial charge on any atom is -0.310 e. The normalized spacial score (nSPS) is 21.0. The molecule has 0 saturated heterocycles. The van der Waals surface area contributed by atoms with Crippen LogP contribution in [0.25, 0.3) is 0 Å². The lowest BCUT2D eigenvalue weighted by molar-refractivity contribution is -0.138. The highest BCUT2D eigenvalue weighted by Gasteiger charge is 2.34. The second-order valence-electron chi connectivity index (χ2n) is 7.52. The van der Waals surface area contributed by atoms with Crippen molar-refractivity contribution in [2.24, 2.45) is 5.92 Å². The van der Waals surface area contributed by atoms with Gasteiger partial charge in [0.15, 0.2) is 0 Å². The van der Waals surface area contributed by atoms with Gasteiger partial charge in [-0.15, -0.1) is 0 Å². The van der Waals surface area contributed by atoms with Crippen LogP contribution in [0, 0.1) is 19.8 Å². The minimum atomic E-state index is -4.49. The second-order valence-corrected chi connectivity index (χ2v) is 9.79. The zero-order valence-electron chi connectivity index (χ0n) is 16.4. The van der Waals surface area contributed by atoms with Crippen LogP contribution < -0.4 is 10.0 Å². The molecular formula is C18H26F3N3O3S. The molecule has 0 unspecified atom stereocenters. The van der Waals surface area contributed by atoms with Crippen molar-refractivity contribution < 1.29 is 26.4 Å². The monoisotopic (exact) mass is 421 g/mol. The van der Waals surface area contributed by atoms with E-state index in [2.05, 4.69) is 15.0 Å². The molecule has 1 heterocycles. The molecule has 10 heteroatoms. The van der Waals surface area contributed by atoms with E-state index in [-0.39, 0.29) is 34.8 Å². The van der Waals surface area contributed by atoms with E-state index in [0.717, 1.165) is 6.20 Å². The molecule has 1 aromatic heterocycles. The number of sulfonamides is 1. The molecule has 1 aromatic rings. The van der Waals surface area contributed by atoms with Crippen LogP contribution in [0.2, 0.25) is 0 Å². The van der Waals surface area contributed by atoms with Crippen LogP contribution >= 0.6 is 0 Å². The first-order valence-electron chi connectivity index (χ1n) is 9.18. The maximum absolute atomic E-state index is 12.9. The summed E-state index contributed by atoms with van der Waals surface area (Å²) < 4.78 is 65.4. The smallest absolute Gasteiger partial charge is 0.310 e. The fourth-order valence-electron chi connectivity index (χ4n) is 3.17. The Bertz CT molecular complexity index is 830. The first-order chi connectivity index (χ1) is 12.8. The zero-order valence-corrected chi connectivity index (χ0v) is 17.2. The summed E-state index contributed by atoms with van der Waals surface area (Å²) in [5.74, 6) is -0.512. The number of carbonyl (C=O) groups is 1. The zero-order chi connectivity index (χ0) is 21.3.